The van der Waals surface area contributed by atoms with Crippen molar-refractivity contribution in [2.24, 2.45) is 0 Å². The van der Waals surface area contributed by atoms with Crippen LogP contribution < -0.4 is 4.90 Å². The summed E-state index contributed by atoms with van der Waals surface area (Å²) in [5.74, 6) is 0. The van der Waals surface area contributed by atoms with E-state index in [0.717, 1.165) is 19.6 Å². The van der Waals surface area contributed by atoms with E-state index in [4.69, 9.17) is 5.11 Å². The van der Waals surface area contributed by atoms with Gasteiger partial charge in [-0.05, 0) is 12.1 Å². The zero-order valence-electron chi connectivity index (χ0n) is 8.13. The highest BCUT2D eigenvalue weighted by atomic mass is 16.3. The Balaban J connectivity index is 2.08. The number of benzene rings is 1. The molecule has 1 aliphatic rings. The second-order valence-corrected chi connectivity index (χ2v) is 3.40. The van der Waals surface area contributed by atoms with Crippen molar-refractivity contribution >= 4 is 12.0 Å². The van der Waals surface area contributed by atoms with Crippen LogP contribution in [0.1, 0.15) is 0 Å². The van der Waals surface area contributed by atoms with E-state index in [0.29, 0.717) is 0 Å². The fraction of sp³-hybridized carbons (Fsp3) is 0.364. The first-order valence-corrected chi connectivity index (χ1v) is 4.92. The summed E-state index contributed by atoms with van der Waals surface area (Å²) in [7, 11) is 0. The largest absolute Gasteiger partial charge is 0.392 e. The van der Waals surface area contributed by atoms with Crippen molar-refractivity contribution in [1.29, 1.82) is 0 Å². The molecule has 1 aliphatic heterocycles. The van der Waals surface area contributed by atoms with Crippen LogP contribution >= 0.6 is 0 Å². The highest BCUT2D eigenvalue weighted by Gasteiger charge is 2.19. The third-order valence-electron chi connectivity index (χ3n) is 2.41. The first-order valence-electron chi connectivity index (χ1n) is 4.92. The highest BCUT2D eigenvalue weighted by Crippen LogP contribution is 2.12. The minimum absolute atomic E-state index is 0.221. The predicted molar refractivity (Wildman–Crippen MR) is 56.9 cm³/mol. The minimum atomic E-state index is 0.221. The lowest BCUT2D eigenvalue weighted by Gasteiger charge is -2.04. The third-order valence-corrected chi connectivity index (χ3v) is 2.41. The molecule has 0 spiro atoms. The monoisotopic (exact) mass is 191 g/mol. The zero-order chi connectivity index (χ0) is 9.80. The van der Waals surface area contributed by atoms with Crippen LogP contribution in [0.3, 0.4) is 0 Å². The van der Waals surface area contributed by atoms with Crippen molar-refractivity contribution in [1.82, 2.24) is 0 Å². The molecular weight excluding hydrogens is 176 g/mol. The van der Waals surface area contributed by atoms with Crippen LogP contribution in [-0.4, -0.2) is 42.3 Å². The van der Waals surface area contributed by atoms with Gasteiger partial charge in [0.05, 0.1) is 6.61 Å². The molecule has 0 fully saturated rings. The van der Waals surface area contributed by atoms with Gasteiger partial charge in [0.2, 0.25) is 6.34 Å². The number of aliphatic hydroxyl groups is 1. The Bertz CT molecular complexity index is 321. The Morgan fingerprint density at radius 3 is 2.79 bits per heavy atom. The van der Waals surface area contributed by atoms with E-state index in [-0.39, 0.29) is 6.61 Å². The van der Waals surface area contributed by atoms with E-state index in [2.05, 4.69) is 27.9 Å². The molecule has 1 aromatic carbocycles. The number of aliphatic hydroxyl groups excluding tert-OH is 1. The van der Waals surface area contributed by atoms with Gasteiger partial charge >= 0.3 is 0 Å². The standard InChI is InChI=1S/C11H15N2O/c14-9-8-12-6-7-13(10-12)11-4-2-1-3-5-11/h1-5,10,14H,6-9H2/q+1. The number of hydrogen-bond acceptors (Lipinski definition) is 2. The number of hydrogen-bond donors (Lipinski definition) is 1. The van der Waals surface area contributed by atoms with E-state index in [9.17, 15) is 0 Å². The van der Waals surface area contributed by atoms with Crippen LogP contribution in [0.2, 0.25) is 0 Å². The van der Waals surface area contributed by atoms with Gasteiger partial charge < -0.3 is 5.11 Å². The molecule has 3 heteroatoms. The average Bonchev–Trinajstić information content (AvgIpc) is 2.68. The fourth-order valence-electron chi connectivity index (χ4n) is 1.66. The molecule has 0 aliphatic carbocycles. The summed E-state index contributed by atoms with van der Waals surface area (Å²) < 4.78 is 2.13. The molecule has 0 bridgehead atoms. The average molecular weight is 191 g/mol. The lowest BCUT2D eigenvalue weighted by atomic mass is 10.3. The summed E-state index contributed by atoms with van der Waals surface area (Å²) in [5.41, 5.74) is 1.22. The van der Waals surface area contributed by atoms with Crippen LogP contribution in [0.5, 0.6) is 0 Å². The smallest absolute Gasteiger partial charge is 0.239 e. The van der Waals surface area contributed by atoms with E-state index >= 15 is 0 Å². The van der Waals surface area contributed by atoms with E-state index in [1.807, 2.05) is 18.2 Å². The normalized spacial score (nSPS) is 15.8. The summed E-state index contributed by atoms with van der Waals surface area (Å²) in [6, 6.07) is 10.3. The highest BCUT2D eigenvalue weighted by molar-refractivity contribution is 5.76. The first-order chi connectivity index (χ1) is 6.90. The molecule has 0 saturated carbocycles. The van der Waals surface area contributed by atoms with Gasteiger partial charge in [-0.1, -0.05) is 18.2 Å². The maximum Gasteiger partial charge on any atom is 0.239 e. The lowest BCUT2D eigenvalue weighted by molar-refractivity contribution is -0.515. The first kappa shape index (κ1) is 9.21. The Kier molecular flexibility index (Phi) is 2.79. The molecule has 74 valence electrons. The number of anilines is 1. The van der Waals surface area contributed by atoms with Crippen molar-refractivity contribution in [2.75, 3.05) is 31.1 Å². The van der Waals surface area contributed by atoms with Crippen molar-refractivity contribution in [3.05, 3.63) is 30.3 Å². The molecule has 2 rings (SSSR count). The maximum absolute atomic E-state index is 8.80. The zero-order valence-corrected chi connectivity index (χ0v) is 8.13. The van der Waals surface area contributed by atoms with Crippen LogP contribution in [0.4, 0.5) is 5.69 Å². The Morgan fingerprint density at radius 1 is 1.29 bits per heavy atom. The maximum atomic E-state index is 8.80. The molecule has 0 amide bonds. The molecular formula is C11H15N2O+. The number of nitrogens with zero attached hydrogens (tertiary/aromatic N) is 2. The Hall–Kier alpha value is -1.35. The van der Waals surface area contributed by atoms with E-state index in [1.165, 1.54) is 5.69 Å². The quantitative estimate of drug-likeness (QED) is 0.706. The van der Waals surface area contributed by atoms with Crippen molar-refractivity contribution < 1.29 is 9.68 Å². The molecule has 1 heterocycles. The number of para-hydroxylation sites is 1. The minimum Gasteiger partial charge on any atom is -0.392 e. The molecule has 0 saturated heterocycles. The van der Waals surface area contributed by atoms with Crippen LogP contribution in [0.25, 0.3) is 0 Å². The molecule has 1 N–H and O–H groups in total. The van der Waals surface area contributed by atoms with Crippen molar-refractivity contribution in [3.63, 3.8) is 0 Å². The number of β-amino-alcohol motifs (C(OH)–C–C–N with tert-alkyl or cyclic N) is 1. The van der Waals surface area contributed by atoms with Gasteiger partial charge in [-0.15, -0.1) is 0 Å². The summed E-state index contributed by atoms with van der Waals surface area (Å²) >= 11 is 0. The van der Waals surface area contributed by atoms with Gasteiger partial charge in [-0.2, -0.15) is 0 Å². The summed E-state index contributed by atoms with van der Waals surface area (Å²) in [4.78, 5) is 2.20. The van der Waals surface area contributed by atoms with E-state index in [1.54, 1.807) is 0 Å². The summed E-state index contributed by atoms with van der Waals surface area (Å²) in [5, 5.41) is 8.80. The second kappa shape index (κ2) is 4.24. The van der Waals surface area contributed by atoms with Gasteiger partial charge in [0, 0.05) is 0 Å². The molecule has 0 radical (unpaired) electrons. The topological polar surface area (TPSA) is 26.5 Å². The molecule has 0 unspecified atom stereocenters. The molecule has 14 heavy (non-hydrogen) atoms. The summed E-state index contributed by atoms with van der Waals surface area (Å²) in [6.45, 7) is 2.95. The molecule has 3 nitrogen and oxygen atoms in total. The van der Waals surface area contributed by atoms with Gasteiger partial charge in [0.15, 0.2) is 0 Å². The summed E-state index contributed by atoms with van der Waals surface area (Å²) in [6.07, 6.45) is 2.07. The fourth-order valence-corrected chi connectivity index (χ4v) is 1.66. The predicted octanol–water partition coefficient (Wildman–Crippen LogP) is 0.540. The van der Waals surface area contributed by atoms with Gasteiger partial charge in [-0.3, -0.25) is 4.58 Å². The van der Waals surface area contributed by atoms with Crippen LogP contribution in [0, 0.1) is 0 Å². The lowest BCUT2D eigenvalue weighted by Crippen LogP contribution is -2.17. The number of rotatable bonds is 3. The molecule has 0 aromatic heterocycles. The van der Waals surface area contributed by atoms with Crippen molar-refractivity contribution in [3.8, 4) is 0 Å². The van der Waals surface area contributed by atoms with E-state index < -0.39 is 0 Å². The van der Waals surface area contributed by atoms with Crippen molar-refractivity contribution in [2.45, 2.75) is 0 Å². The molecule has 1 aromatic rings. The Labute approximate surface area is 83.9 Å². The Morgan fingerprint density at radius 2 is 2.07 bits per heavy atom. The SMILES string of the molecule is OCC[N+]1=CN(c2ccccc2)CC1. The van der Waals surface area contributed by atoms with Crippen LogP contribution in [0.15, 0.2) is 30.3 Å². The van der Waals surface area contributed by atoms with Crippen LogP contribution in [-0.2, 0) is 0 Å². The van der Waals surface area contributed by atoms with Gasteiger partial charge in [-0.25, -0.2) is 4.90 Å². The second-order valence-electron chi connectivity index (χ2n) is 3.40. The van der Waals surface area contributed by atoms with Gasteiger partial charge in [0.1, 0.15) is 25.3 Å². The molecule has 0 atom stereocenters. The van der Waals surface area contributed by atoms with Gasteiger partial charge in [0.25, 0.3) is 0 Å². The third kappa shape index (κ3) is 1.93.